The van der Waals surface area contributed by atoms with E-state index in [9.17, 15) is 14.7 Å². The molecule has 1 fully saturated rings. The maximum atomic E-state index is 12.1. The van der Waals surface area contributed by atoms with Gasteiger partial charge in [-0.1, -0.05) is 20.8 Å². The molecule has 1 rings (SSSR count). The Morgan fingerprint density at radius 1 is 1.24 bits per heavy atom. The van der Waals surface area contributed by atoms with E-state index in [1.54, 1.807) is 0 Å². The van der Waals surface area contributed by atoms with Crippen molar-refractivity contribution in [3.8, 4) is 0 Å². The number of aliphatic hydroxyl groups is 1. The van der Waals surface area contributed by atoms with Crippen LogP contribution in [0.25, 0.3) is 0 Å². The van der Waals surface area contributed by atoms with E-state index in [1.165, 1.54) is 0 Å². The molecule has 2 N–H and O–H groups in total. The van der Waals surface area contributed by atoms with E-state index >= 15 is 0 Å². The van der Waals surface area contributed by atoms with Gasteiger partial charge in [0.05, 0.1) is 5.60 Å². The number of likely N-dealkylation sites (tertiary alicyclic amines) is 1. The topological polar surface area (TPSA) is 69.6 Å². The van der Waals surface area contributed by atoms with Crippen LogP contribution in [0.4, 0.5) is 0 Å². The number of carbonyl (C=O) groups is 2. The van der Waals surface area contributed by atoms with Crippen LogP contribution in [0.15, 0.2) is 0 Å². The Bertz CT molecular complexity index is 372. The van der Waals surface area contributed by atoms with Crippen LogP contribution in [-0.4, -0.2) is 47.1 Å². The number of hydrogen-bond acceptors (Lipinski definition) is 3. The number of hydrogen-bond donors (Lipinski definition) is 2. The summed E-state index contributed by atoms with van der Waals surface area (Å²) < 4.78 is 0. The summed E-state index contributed by atoms with van der Waals surface area (Å²) in [7, 11) is 0. The second kappa shape index (κ2) is 7.25. The van der Waals surface area contributed by atoms with E-state index in [0.29, 0.717) is 32.4 Å². The minimum absolute atomic E-state index is 0.0146. The summed E-state index contributed by atoms with van der Waals surface area (Å²) in [4.78, 5) is 25.7. The van der Waals surface area contributed by atoms with Crippen molar-refractivity contribution < 1.29 is 14.7 Å². The molecule has 0 bridgehead atoms. The molecule has 0 aromatic heterocycles. The molecule has 1 atom stereocenters. The van der Waals surface area contributed by atoms with Gasteiger partial charge in [-0.3, -0.25) is 9.59 Å². The molecule has 0 aromatic rings. The fraction of sp³-hybridized carbons (Fsp3) is 0.875. The minimum atomic E-state index is -0.643. The summed E-state index contributed by atoms with van der Waals surface area (Å²) in [5.74, 6) is 0.137. The highest BCUT2D eigenvalue weighted by Gasteiger charge is 2.26. The number of nitrogens with zero attached hydrogens (tertiary/aromatic N) is 1. The molecule has 21 heavy (non-hydrogen) atoms. The molecule has 0 saturated carbocycles. The van der Waals surface area contributed by atoms with Crippen LogP contribution < -0.4 is 5.32 Å². The second-order valence-corrected chi connectivity index (χ2v) is 7.34. The van der Waals surface area contributed by atoms with Gasteiger partial charge in [0.15, 0.2) is 0 Å². The van der Waals surface area contributed by atoms with Gasteiger partial charge in [-0.15, -0.1) is 0 Å². The van der Waals surface area contributed by atoms with Crippen molar-refractivity contribution in [3.63, 3.8) is 0 Å². The summed E-state index contributed by atoms with van der Waals surface area (Å²) in [5.41, 5.74) is -1.03. The standard InChI is InChI=1S/C16H30N2O3/c1-15(2,3)14(20)17-10-5-7-13(19)18-11-6-8-16(4,21)9-12-18/h21H,5-12H2,1-4H3,(H,17,20). The highest BCUT2D eigenvalue weighted by Crippen LogP contribution is 2.21. The summed E-state index contributed by atoms with van der Waals surface area (Å²) in [6.07, 6.45) is 3.34. The van der Waals surface area contributed by atoms with Crippen molar-refractivity contribution in [1.29, 1.82) is 0 Å². The van der Waals surface area contributed by atoms with Gasteiger partial charge in [0.2, 0.25) is 11.8 Å². The lowest BCUT2D eigenvalue weighted by Crippen LogP contribution is -2.36. The van der Waals surface area contributed by atoms with Gasteiger partial charge >= 0.3 is 0 Å². The van der Waals surface area contributed by atoms with E-state index < -0.39 is 5.60 Å². The number of rotatable bonds is 4. The van der Waals surface area contributed by atoms with Crippen LogP contribution in [0, 0.1) is 5.41 Å². The predicted molar refractivity (Wildman–Crippen MR) is 82.8 cm³/mol. The van der Waals surface area contributed by atoms with Crippen molar-refractivity contribution in [2.75, 3.05) is 19.6 Å². The van der Waals surface area contributed by atoms with Crippen molar-refractivity contribution in [2.24, 2.45) is 5.41 Å². The number of nitrogens with one attached hydrogen (secondary N) is 1. The third-order valence-electron chi connectivity index (χ3n) is 3.95. The molecule has 1 unspecified atom stereocenters. The number of amides is 2. The molecule has 5 nitrogen and oxygen atoms in total. The number of carbonyl (C=O) groups excluding carboxylic acids is 2. The molecule has 0 spiro atoms. The maximum absolute atomic E-state index is 12.1. The van der Waals surface area contributed by atoms with E-state index in [1.807, 2.05) is 32.6 Å². The molecular formula is C16H30N2O3. The first-order valence-corrected chi connectivity index (χ1v) is 7.90. The quantitative estimate of drug-likeness (QED) is 0.776. The molecule has 0 aliphatic carbocycles. The van der Waals surface area contributed by atoms with E-state index in [0.717, 1.165) is 19.4 Å². The maximum Gasteiger partial charge on any atom is 0.225 e. The Morgan fingerprint density at radius 3 is 2.52 bits per heavy atom. The molecule has 122 valence electrons. The highest BCUT2D eigenvalue weighted by molar-refractivity contribution is 5.81. The van der Waals surface area contributed by atoms with Crippen LogP contribution in [0.5, 0.6) is 0 Å². The third kappa shape index (κ3) is 6.46. The van der Waals surface area contributed by atoms with Crippen LogP contribution in [0.1, 0.15) is 59.8 Å². The highest BCUT2D eigenvalue weighted by atomic mass is 16.3. The summed E-state index contributed by atoms with van der Waals surface area (Å²) in [5, 5.41) is 12.9. The summed E-state index contributed by atoms with van der Waals surface area (Å²) in [6, 6.07) is 0. The van der Waals surface area contributed by atoms with Crippen LogP contribution >= 0.6 is 0 Å². The fourth-order valence-electron chi connectivity index (χ4n) is 2.38. The lowest BCUT2D eigenvalue weighted by molar-refractivity contribution is -0.132. The Hall–Kier alpha value is -1.10. The molecule has 1 heterocycles. The Balaban J connectivity index is 2.26. The molecule has 1 aliphatic rings. The zero-order valence-corrected chi connectivity index (χ0v) is 13.9. The van der Waals surface area contributed by atoms with Crippen LogP contribution in [0.3, 0.4) is 0 Å². The minimum Gasteiger partial charge on any atom is -0.390 e. The van der Waals surface area contributed by atoms with Gasteiger partial charge < -0.3 is 15.3 Å². The molecule has 1 saturated heterocycles. The normalized spacial score (nSPS) is 23.6. The van der Waals surface area contributed by atoms with E-state index in [-0.39, 0.29) is 17.2 Å². The summed E-state index contributed by atoms with van der Waals surface area (Å²) in [6.45, 7) is 9.34. The second-order valence-electron chi connectivity index (χ2n) is 7.34. The van der Waals surface area contributed by atoms with Gasteiger partial charge in [0.25, 0.3) is 0 Å². The molecular weight excluding hydrogens is 268 g/mol. The first kappa shape index (κ1) is 18.0. The Kier molecular flexibility index (Phi) is 6.20. The fourth-order valence-corrected chi connectivity index (χ4v) is 2.38. The molecule has 0 aromatic carbocycles. The smallest absolute Gasteiger partial charge is 0.225 e. The Labute approximate surface area is 128 Å². The summed E-state index contributed by atoms with van der Waals surface area (Å²) >= 11 is 0. The van der Waals surface area contributed by atoms with E-state index in [2.05, 4.69) is 5.32 Å². The molecule has 5 heteroatoms. The van der Waals surface area contributed by atoms with Crippen LogP contribution in [-0.2, 0) is 9.59 Å². The monoisotopic (exact) mass is 298 g/mol. The van der Waals surface area contributed by atoms with Gasteiger partial charge in [0, 0.05) is 31.5 Å². The third-order valence-corrected chi connectivity index (χ3v) is 3.95. The van der Waals surface area contributed by atoms with Gasteiger partial charge in [-0.25, -0.2) is 0 Å². The van der Waals surface area contributed by atoms with E-state index in [4.69, 9.17) is 0 Å². The first-order chi connectivity index (χ1) is 9.62. The van der Waals surface area contributed by atoms with Gasteiger partial charge in [-0.05, 0) is 32.6 Å². The largest absolute Gasteiger partial charge is 0.390 e. The first-order valence-electron chi connectivity index (χ1n) is 7.90. The predicted octanol–water partition coefficient (Wildman–Crippen LogP) is 1.69. The SMILES string of the molecule is CC1(O)CCCN(C(=O)CCCNC(=O)C(C)(C)C)CC1. The average Bonchev–Trinajstić information content (AvgIpc) is 2.54. The Morgan fingerprint density at radius 2 is 1.90 bits per heavy atom. The van der Waals surface area contributed by atoms with Crippen molar-refractivity contribution in [1.82, 2.24) is 10.2 Å². The zero-order chi connectivity index (χ0) is 16.1. The van der Waals surface area contributed by atoms with Crippen molar-refractivity contribution >= 4 is 11.8 Å². The van der Waals surface area contributed by atoms with Crippen molar-refractivity contribution in [2.45, 2.75) is 65.4 Å². The molecule has 1 aliphatic heterocycles. The molecule has 0 radical (unpaired) electrons. The van der Waals surface area contributed by atoms with Crippen molar-refractivity contribution in [3.05, 3.63) is 0 Å². The lowest BCUT2D eigenvalue weighted by Gasteiger charge is -2.23. The molecule has 2 amide bonds. The average molecular weight is 298 g/mol. The van der Waals surface area contributed by atoms with Gasteiger partial charge in [-0.2, -0.15) is 0 Å². The van der Waals surface area contributed by atoms with Gasteiger partial charge in [0.1, 0.15) is 0 Å². The zero-order valence-electron chi connectivity index (χ0n) is 13.9. The lowest BCUT2D eigenvalue weighted by atomic mass is 9.96. The van der Waals surface area contributed by atoms with Crippen LogP contribution in [0.2, 0.25) is 0 Å².